The zero-order valence-electron chi connectivity index (χ0n) is 13.8. The van der Waals surface area contributed by atoms with Gasteiger partial charge in [-0.1, -0.05) is 20.8 Å². The van der Waals surface area contributed by atoms with E-state index < -0.39 is 10.0 Å². The summed E-state index contributed by atoms with van der Waals surface area (Å²) in [6.45, 7) is 7.97. The summed E-state index contributed by atoms with van der Waals surface area (Å²) in [5, 5.41) is 0. The molecule has 7 heteroatoms. The van der Waals surface area contributed by atoms with Crippen molar-refractivity contribution in [2.45, 2.75) is 32.1 Å². The van der Waals surface area contributed by atoms with Crippen molar-refractivity contribution in [3.05, 3.63) is 28.2 Å². The Labute approximate surface area is 146 Å². The number of carbonyl (C=O) groups excluding carboxylic acids is 1. The van der Waals surface area contributed by atoms with E-state index in [1.807, 2.05) is 0 Å². The summed E-state index contributed by atoms with van der Waals surface area (Å²) < 4.78 is 27.3. The van der Waals surface area contributed by atoms with Crippen molar-refractivity contribution in [3.8, 4) is 0 Å². The van der Waals surface area contributed by atoms with Crippen LogP contribution in [-0.4, -0.2) is 49.7 Å². The zero-order chi connectivity index (χ0) is 17.2. The predicted octanol–water partition coefficient (Wildman–Crippen LogP) is 2.96. The summed E-state index contributed by atoms with van der Waals surface area (Å²) in [6.07, 6.45) is 0.987. The number of amides is 1. The van der Waals surface area contributed by atoms with Gasteiger partial charge in [-0.2, -0.15) is 4.31 Å². The number of hydrogen-bond acceptors (Lipinski definition) is 3. The van der Waals surface area contributed by atoms with Crippen LogP contribution in [0.3, 0.4) is 0 Å². The number of benzene rings is 1. The van der Waals surface area contributed by atoms with E-state index in [2.05, 4.69) is 22.9 Å². The van der Waals surface area contributed by atoms with Crippen LogP contribution < -0.4 is 0 Å². The second-order valence-corrected chi connectivity index (χ2v) is 8.67. The van der Waals surface area contributed by atoms with Crippen molar-refractivity contribution in [2.75, 3.05) is 26.2 Å². The Morgan fingerprint density at radius 1 is 1.35 bits per heavy atom. The molecule has 1 aromatic rings. The second kappa shape index (κ2) is 7.32. The van der Waals surface area contributed by atoms with Gasteiger partial charge in [0.1, 0.15) is 0 Å². The zero-order valence-corrected chi connectivity index (χ0v) is 16.2. The number of hydrogen-bond donors (Lipinski definition) is 0. The normalized spacial score (nSPS) is 18.7. The van der Waals surface area contributed by atoms with Gasteiger partial charge < -0.3 is 4.90 Å². The van der Waals surface area contributed by atoms with Gasteiger partial charge in [-0.3, -0.25) is 4.79 Å². The van der Waals surface area contributed by atoms with E-state index in [0.717, 1.165) is 19.5 Å². The summed E-state index contributed by atoms with van der Waals surface area (Å²) in [5.74, 6) is 0.373. The van der Waals surface area contributed by atoms with Gasteiger partial charge in [0.2, 0.25) is 10.0 Å². The van der Waals surface area contributed by atoms with Crippen LogP contribution in [0.4, 0.5) is 0 Å². The SMILES string of the molecule is CCN(CC)S(=O)(=O)c1ccc(Br)c(C(=O)N2CCC(C)C2)c1. The van der Waals surface area contributed by atoms with Gasteiger partial charge in [-0.05, 0) is 46.5 Å². The van der Waals surface area contributed by atoms with E-state index in [4.69, 9.17) is 0 Å². The van der Waals surface area contributed by atoms with Gasteiger partial charge in [0.25, 0.3) is 5.91 Å². The standard InChI is InChI=1S/C16H23BrN2O3S/c1-4-19(5-2)23(21,22)13-6-7-15(17)14(10-13)16(20)18-9-8-12(3)11-18/h6-7,10,12H,4-5,8-9,11H2,1-3H3. The molecule has 0 bridgehead atoms. The van der Waals surface area contributed by atoms with Crippen LogP contribution >= 0.6 is 15.9 Å². The maximum absolute atomic E-state index is 12.7. The number of nitrogens with zero attached hydrogens (tertiary/aromatic N) is 2. The van der Waals surface area contributed by atoms with E-state index in [0.29, 0.717) is 29.0 Å². The van der Waals surface area contributed by atoms with Gasteiger partial charge in [-0.25, -0.2) is 8.42 Å². The average Bonchev–Trinajstić information content (AvgIpc) is 2.94. The molecule has 0 aliphatic carbocycles. The lowest BCUT2D eigenvalue weighted by atomic mass is 10.2. The molecule has 1 unspecified atom stereocenters. The van der Waals surface area contributed by atoms with Crippen LogP contribution in [0, 0.1) is 5.92 Å². The van der Waals surface area contributed by atoms with E-state index in [1.165, 1.54) is 10.4 Å². The second-order valence-electron chi connectivity index (χ2n) is 5.88. The molecule has 5 nitrogen and oxygen atoms in total. The van der Waals surface area contributed by atoms with Crippen LogP contribution in [0.15, 0.2) is 27.6 Å². The highest BCUT2D eigenvalue weighted by atomic mass is 79.9. The van der Waals surface area contributed by atoms with E-state index >= 15 is 0 Å². The number of likely N-dealkylation sites (tertiary alicyclic amines) is 1. The molecule has 0 radical (unpaired) electrons. The molecular weight excluding hydrogens is 380 g/mol. The summed E-state index contributed by atoms with van der Waals surface area (Å²) >= 11 is 3.38. The van der Waals surface area contributed by atoms with Crippen LogP contribution in [0.1, 0.15) is 37.6 Å². The Hall–Kier alpha value is -0.920. The maximum atomic E-state index is 12.7. The van der Waals surface area contributed by atoms with E-state index in [9.17, 15) is 13.2 Å². The molecule has 0 aromatic heterocycles. The third-order valence-corrected chi connectivity index (χ3v) is 6.96. The first-order valence-electron chi connectivity index (χ1n) is 7.90. The summed E-state index contributed by atoms with van der Waals surface area (Å²) in [6, 6.07) is 4.67. The highest BCUT2D eigenvalue weighted by molar-refractivity contribution is 9.10. The van der Waals surface area contributed by atoms with Crippen molar-refractivity contribution in [1.29, 1.82) is 0 Å². The molecule has 1 fully saturated rings. The topological polar surface area (TPSA) is 57.7 Å². The highest BCUT2D eigenvalue weighted by Gasteiger charge is 2.28. The van der Waals surface area contributed by atoms with Gasteiger partial charge in [0.15, 0.2) is 0 Å². The van der Waals surface area contributed by atoms with Gasteiger partial charge in [-0.15, -0.1) is 0 Å². The maximum Gasteiger partial charge on any atom is 0.255 e. The lowest BCUT2D eigenvalue weighted by Gasteiger charge is -2.20. The molecule has 0 saturated carbocycles. The minimum absolute atomic E-state index is 0.113. The fourth-order valence-electron chi connectivity index (χ4n) is 2.83. The highest BCUT2D eigenvalue weighted by Crippen LogP contribution is 2.26. The van der Waals surface area contributed by atoms with Gasteiger partial charge in [0, 0.05) is 30.7 Å². The van der Waals surface area contributed by atoms with Crippen molar-refractivity contribution in [2.24, 2.45) is 5.92 Å². The molecule has 0 N–H and O–H groups in total. The smallest absolute Gasteiger partial charge is 0.255 e. The molecule has 23 heavy (non-hydrogen) atoms. The Kier molecular flexibility index (Phi) is 5.86. The fraction of sp³-hybridized carbons (Fsp3) is 0.562. The molecule has 1 atom stereocenters. The number of halogens is 1. The van der Waals surface area contributed by atoms with Crippen LogP contribution in [-0.2, 0) is 10.0 Å². The summed E-state index contributed by atoms with van der Waals surface area (Å²) in [5.41, 5.74) is 0.410. The summed E-state index contributed by atoms with van der Waals surface area (Å²) in [7, 11) is -3.57. The molecule has 1 aliphatic rings. The van der Waals surface area contributed by atoms with Gasteiger partial charge >= 0.3 is 0 Å². The largest absolute Gasteiger partial charge is 0.338 e. The molecule has 1 aliphatic heterocycles. The summed E-state index contributed by atoms with van der Waals surface area (Å²) in [4.78, 5) is 14.6. The third kappa shape index (κ3) is 3.78. The monoisotopic (exact) mass is 402 g/mol. The number of sulfonamides is 1. The Balaban J connectivity index is 2.38. The first-order chi connectivity index (χ1) is 10.8. The van der Waals surface area contributed by atoms with Crippen molar-refractivity contribution in [1.82, 2.24) is 9.21 Å². The van der Waals surface area contributed by atoms with E-state index in [-0.39, 0.29) is 10.8 Å². The Morgan fingerprint density at radius 3 is 2.52 bits per heavy atom. The van der Waals surface area contributed by atoms with Crippen LogP contribution in [0.5, 0.6) is 0 Å². The molecule has 0 spiro atoms. The molecule has 1 amide bonds. The lowest BCUT2D eigenvalue weighted by molar-refractivity contribution is 0.0787. The first-order valence-corrected chi connectivity index (χ1v) is 10.1. The Morgan fingerprint density at radius 2 is 2.00 bits per heavy atom. The minimum atomic E-state index is -3.57. The number of carbonyl (C=O) groups is 1. The van der Waals surface area contributed by atoms with Crippen molar-refractivity contribution < 1.29 is 13.2 Å². The predicted molar refractivity (Wildman–Crippen MR) is 93.9 cm³/mol. The molecular formula is C16H23BrN2O3S. The Bertz CT molecular complexity index is 687. The van der Waals surface area contributed by atoms with Crippen molar-refractivity contribution in [3.63, 3.8) is 0 Å². The molecule has 1 aromatic carbocycles. The molecule has 2 rings (SSSR count). The van der Waals surface area contributed by atoms with Crippen LogP contribution in [0.25, 0.3) is 0 Å². The van der Waals surface area contributed by atoms with E-state index in [1.54, 1.807) is 30.9 Å². The molecule has 1 heterocycles. The lowest BCUT2D eigenvalue weighted by Crippen LogP contribution is -2.31. The first kappa shape index (κ1) is 18.4. The fourth-order valence-corrected chi connectivity index (χ4v) is 4.73. The average molecular weight is 403 g/mol. The quantitative estimate of drug-likeness (QED) is 0.760. The molecule has 1 saturated heterocycles. The minimum Gasteiger partial charge on any atom is -0.338 e. The van der Waals surface area contributed by atoms with Gasteiger partial charge in [0.05, 0.1) is 10.5 Å². The number of rotatable bonds is 5. The molecule has 128 valence electrons. The van der Waals surface area contributed by atoms with Crippen molar-refractivity contribution >= 4 is 31.9 Å². The van der Waals surface area contributed by atoms with Crippen LogP contribution in [0.2, 0.25) is 0 Å². The third-order valence-electron chi connectivity index (χ3n) is 4.22.